The minimum atomic E-state index is -0.613. The molecule has 3 aromatic rings. The molecule has 1 fully saturated rings. The van der Waals surface area contributed by atoms with Gasteiger partial charge in [-0.2, -0.15) is 0 Å². The van der Waals surface area contributed by atoms with Gasteiger partial charge in [-0.05, 0) is 23.7 Å². The molecule has 0 spiro atoms. The number of benzene rings is 1. The lowest BCUT2D eigenvalue weighted by Crippen LogP contribution is -2.45. The zero-order valence-electron chi connectivity index (χ0n) is 13.7. The third-order valence-corrected chi connectivity index (χ3v) is 4.80. The monoisotopic (exact) mass is 376 g/mol. The van der Waals surface area contributed by atoms with Gasteiger partial charge in [-0.15, -0.1) is 10.2 Å². The molecule has 136 valence electrons. The Morgan fingerprint density at radius 1 is 1.38 bits per heavy atom. The van der Waals surface area contributed by atoms with Crippen LogP contribution in [0, 0.1) is 5.82 Å². The summed E-state index contributed by atoms with van der Waals surface area (Å²) < 4.78 is 24.5. The summed E-state index contributed by atoms with van der Waals surface area (Å²) in [4.78, 5) is 0. The molecular weight excluding hydrogens is 359 g/mol. The molecule has 1 aliphatic rings. The molecule has 8 nitrogen and oxygen atoms in total. The molecule has 1 saturated heterocycles. The van der Waals surface area contributed by atoms with E-state index in [0.717, 1.165) is 5.69 Å². The van der Waals surface area contributed by atoms with Crippen LogP contribution in [-0.2, 0) is 17.8 Å². The van der Waals surface area contributed by atoms with Crippen molar-refractivity contribution >= 4 is 11.5 Å². The van der Waals surface area contributed by atoms with E-state index < -0.39 is 6.10 Å². The Bertz CT molecular complexity index is 858. The molecule has 2 N–H and O–H groups in total. The fraction of sp³-hybridized carbons (Fsp3) is 0.375. The maximum absolute atomic E-state index is 13.4. The zero-order chi connectivity index (χ0) is 17.9. The Morgan fingerprint density at radius 3 is 3.12 bits per heavy atom. The Kier molecular flexibility index (Phi) is 4.98. The fourth-order valence-corrected chi connectivity index (χ4v) is 3.40. The van der Waals surface area contributed by atoms with Crippen molar-refractivity contribution in [3.8, 4) is 11.3 Å². The lowest BCUT2D eigenvalue weighted by atomic mass is 10.1. The zero-order valence-corrected chi connectivity index (χ0v) is 14.5. The lowest BCUT2D eigenvalue weighted by molar-refractivity contribution is 0.0741. The molecule has 0 unspecified atom stereocenters. The summed E-state index contributed by atoms with van der Waals surface area (Å²) >= 11 is 1.28. The van der Waals surface area contributed by atoms with E-state index in [1.54, 1.807) is 23.0 Å². The van der Waals surface area contributed by atoms with Gasteiger partial charge in [0.25, 0.3) is 0 Å². The number of ether oxygens (including phenoxy) is 1. The van der Waals surface area contributed by atoms with Crippen LogP contribution in [0.5, 0.6) is 0 Å². The van der Waals surface area contributed by atoms with E-state index >= 15 is 0 Å². The van der Waals surface area contributed by atoms with Crippen molar-refractivity contribution in [3.63, 3.8) is 0 Å². The highest BCUT2D eigenvalue weighted by atomic mass is 32.1. The lowest BCUT2D eigenvalue weighted by Gasteiger charge is -2.21. The van der Waals surface area contributed by atoms with Crippen LogP contribution >= 0.6 is 11.5 Å². The molecule has 0 saturated carbocycles. The van der Waals surface area contributed by atoms with Gasteiger partial charge >= 0.3 is 0 Å². The SMILES string of the molecule is O[C@H]1CO[C@H](Cn2cc(-c3cccc(F)c3)nn2)[C@@H]1NCc1csnn1. The van der Waals surface area contributed by atoms with Crippen LogP contribution in [0.4, 0.5) is 4.39 Å². The van der Waals surface area contributed by atoms with Crippen LogP contribution in [0.25, 0.3) is 11.3 Å². The molecule has 3 atom stereocenters. The average Bonchev–Trinajstić information content (AvgIpc) is 3.36. The van der Waals surface area contributed by atoms with Crippen LogP contribution in [0.3, 0.4) is 0 Å². The van der Waals surface area contributed by atoms with Crippen molar-refractivity contribution in [1.29, 1.82) is 0 Å². The Morgan fingerprint density at radius 2 is 2.31 bits per heavy atom. The number of rotatable bonds is 6. The van der Waals surface area contributed by atoms with Gasteiger partial charge in [0.15, 0.2) is 0 Å². The normalized spacial score (nSPS) is 22.8. The maximum atomic E-state index is 13.4. The van der Waals surface area contributed by atoms with Gasteiger partial charge in [-0.25, -0.2) is 9.07 Å². The largest absolute Gasteiger partial charge is 0.389 e. The van der Waals surface area contributed by atoms with Crippen LogP contribution < -0.4 is 5.32 Å². The number of aliphatic hydroxyl groups is 1. The molecule has 0 amide bonds. The molecule has 0 radical (unpaired) electrons. The van der Waals surface area contributed by atoms with Crippen molar-refractivity contribution < 1.29 is 14.2 Å². The number of halogens is 1. The van der Waals surface area contributed by atoms with Gasteiger partial charge in [-0.1, -0.05) is 21.8 Å². The summed E-state index contributed by atoms with van der Waals surface area (Å²) in [7, 11) is 0. The highest BCUT2D eigenvalue weighted by Crippen LogP contribution is 2.20. The first kappa shape index (κ1) is 17.2. The van der Waals surface area contributed by atoms with Crippen molar-refractivity contribution in [3.05, 3.63) is 47.4 Å². The van der Waals surface area contributed by atoms with Crippen LogP contribution in [0.1, 0.15) is 5.69 Å². The first-order chi connectivity index (χ1) is 12.7. The third kappa shape index (κ3) is 3.78. The molecule has 3 heterocycles. The summed E-state index contributed by atoms with van der Waals surface area (Å²) in [6.45, 7) is 1.18. The highest BCUT2D eigenvalue weighted by molar-refractivity contribution is 7.03. The summed E-state index contributed by atoms with van der Waals surface area (Å²) in [6, 6.07) is 5.96. The molecule has 1 aliphatic heterocycles. The maximum Gasteiger partial charge on any atom is 0.123 e. The predicted molar refractivity (Wildman–Crippen MR) is 91.7 cm³/mol. The molecule has 4 rings (SSSR count). The highest BCUT2D eigenvalue weighted by Gasteiger charge is 2.36. The molecule has 2 aromatic heterocycles. The van der Waals surface area contributed by atoms with Gasteiger partial charge in [0.2, 0.25) is 0 Å². The smallest absolute Gasteiger partial charge is 0.123 e. The van der Waals surface area contributed by atoms with Gasteiger partial charge in [0.05, 0.1) is 43.3 Å². The van der Waals surface area contributed by atoms with Gasteiger partial charge in [0.1, 0.15) is 11.5 Å². The van der Waals surface area contributed by atoms with Crippen molar-refractivity contribution in [2.24, 2.45) is 0 Å². The Labute approximate surface area is 152 Å². The van der Waals surface area contributed by atoms with Crippen molar-refractivity contribution in [1.82, 2.24) is 29.9 Å². The van der Waals surface area contributed by atoms with E-state index in [0.29, 0.717) is 24.3 Å². The topological polar surface area (TPSA) is 98.0 Å². The van der Waals surface area contributed by atoms with E-state index in [-0.39, 0.29) is 24.6 Å². The molecular formula is C16H17FN6O2S. The van der Waals surface area contributed by atoms with E-state index in [2.05, 4.69) is 25.2 Å². The van der Waals surface area contributed by atoms with Gasteiger partial charge < -0.3 is 15.2 Å². The first-order valence-corrected chi connectivity index (χ1v) is 8.98. The Hall–Kier alpha value is -2.27. The fourth-order valence-electron chi connectivity index (χ4n) is 2.95. The van der Waals surface area contributed by atoms with E-state index in [1.165, 1.54) is 23.7 Å². The number of nitrogens with one attached hydrogen (secondary N) is 1. The molecule has 10 heteroatoms. The number of nitrogens with zero attached hydrogens (tertiary/aromatic N) is 5. The minimum absolute atomic E-state index is 0.251. The van der Waals surface area contributed by atoms with E-state index in [1.807, 2.05) is 5.38 Å². The van der Waals surface area contributed by atoms with Crippen molar-refractivity contribution in [2.45, 2.75) is 31.3 Å². The quantitative estimate of drug-likeness (QED) is 0.658. The summed E-state index contributed by atoms with van der Waals surface area (Å²) in [6.07, 6.45) is 0.862. The predicted octanol–water partition coefficient (Wildman–Crippen LogP) is 0.854. The van der Waals surface area contributed by atoms with Crippen LogP contribution in [0.15, 0.2) is 35.8 Å². The second kappa shape index (κ2) is 7.54. The van der Waals surface area contributed by atoms with Crippen LogP contribution in [-0.4, -0.2) is 54.5 Å². The molecule has 1 aromatic carbocycles. The minimum Gasteiger partial charge on any atom is -0.389 e. The number of hydrogen-bond acceptors (Lipinski definition) is 8. The van der Waals surface area contributed by atoms with E-state index in [4.69, 9.17) is 4.74 Å². The summed E-state index contributed by atoms with van der Waals surface area (Å²) in [5, 5.41) is 27.5. The second-order valence-corrected chi connectivity index (χ2v) is 6.69. The van der Waals surface area contributed by atoms with Gasteiger partial charge in [0, 0.05) is 17.5 Å². The second-order valence-electron chi connectivity index (χ2n) is 6.08. The molecule has 26 heavy (non-hydrogen) atoms. The first-order valence-electron chi connectivity index (χ1n) is 8.14. The number of aromatic nitrogens is 5. The Balaban J connectivity index is 1.42. The number of hydrogen-bond donors (Lipinski definition) is 2. The summed E-state index contributed by atoms with van der Waals surface area (Å²) in [5.74, 6) is -0.319. The standard InChI is InChI=1S/C16H17FN6O2S/c17-11-3-1-2-10(4-11)13-6-23(21-20-13)7-15-16(14(24)8-25-15)18-5-12-9-26-22-19-12/h1-4,6,9,14-16,18,24H,5,7-8H2/t14-,15+,16+/m0/s1. The average molecular weight is 376 g/mol. The number of aliphatic hydroxyl groups excluding tert-OH is 1. The van der Waals surface area contributed by atoms with Crippen molar-refractivity contribution in [2.75, 3.05) is 6.61 Å². The van der Waals surface area contributed by atoms with Gasteiger partial charge in [-0.3, -0.25) is 0 Å². The third-order valence-electron chi connectivity index (χ3n) is 4.25. The van der Waals surface area contributed by atoms with Crippen LogP contribution in [0.2, 0.25) is 0 Å². The molecule has 0 aliphatic carbocycles. The summed E-state index contributed by atoms with van der Waals surface area (Å²) in [5.41, 5.74) is 2.07. The van der Waals surface area contributed by atoms with E-state index in [9.17, 15) is 9.50 Å². The molecule has 0 bridgehead atoms.